The number of unbranched alkanes of at least 4 members (excludes halogenated alkanes) is 9. The van der Waals surface area contributed by atoms with Crippen LogP contribution >= 0.6 is 11.8 Å². The van der Waals surface area contributed by atoms with E-state index in [1.165, 1.54) is 57.8 Å². The predicted molar refractivity (Wildman–Crippen MR) is 119 cm³/mol. The summed E-state index contributed by atoms with van der Waals surface area (Å²) in [5.74, 6) is 1.01. The van der Waals surface area contributed by atoms with Crippen molar-refractivity contribution in [3.8, 4) is 0 Å². The highest BCUT2D eigenvalue weighted by Crippen LogP contribution is 2.23. The molecule has 0 bridgehead atoms. The molecule has 0 spiro atoms. The fraction of sp³-hybridized carbons (Fsp3) is 0.652. The Kier molecular flexibility index (Phi) is 11.8. The zero-order valence-corrected chi connectivity index (χ0v) is 18.2. The van der Waals surface area contributed by atoms with Crippen LogP contribution in [0.3, 0.4) is 0 Å². The molecule has 2 aromatic rings. The standard InChI is InChI=1S/C23H36N2O2S/c1-2-3-4-5-6-7-8-9-10-13-18-24-22(26)17-14-19-28-23-25-20-15-11-12-16-21(20)27-23/h11-12,15-16H,2-10,13-14,17-19H2,1H3,(H,24,26). The lowest BCUT2D eigenvalue weighted by Crippen LogP contribution is -2.24. The minimum absolute atomic E-state index is 0.161. The number of hydrogen-bond acceptors (Lipinski definition) is 4. The summed E-state index contributed by atoms with van der Waals surface area (Å²) < 4.78 is 5.67. The SMILES string of the molecule is CCCCCCCCCCCCNC(=O)CCCSc1nc2ccccc2o1. The van der Waals surface area contributed by atoms with Crippen LogP contribution in [0.2, 0.25) is 0 Å². The summed E-state index contributed by atoms with van der Waals surface area (Å²) in [6.07, 6.45) is 14.6. The molecule has 1 amide bonds. The fourth-order valence-electron chi connectivity index (χ4n) is 3.23. The molecule has 0 aliphatic carbocycles. The number of carbonyl (C=O) groups excluding carboxylic acids is 1. The lowest BCUT2D eigenvalue weighted by atomic mass is 10.1. The zero-order valence-electron chi connectivity index (χ0n) is 17.4. The Morgan fingerprint density at radius 2 is 1.64 bits per heavy atom. The number of benzene rings is 1. The number of nitrogens with one attached hydrogen (secondary N) is 1. The van der Waals surface area contributed by atoms with Crippen LogP contribution in [0.25, 0.3) is 11.1 Å². The van der Waals surface area contributed by atoms with Gasteiger partial charge in [0, 0.05) is 18.7 Å². The predicted octanol–water partition coefficient (Wildman–Crippen LogP) is 6.74. The molecule has 4 nitrogen and oxygen atoms in total. The Morgan fingerprint density at radius 1 is 0.964 bits per heavy atom. The van der Waals surface area contributed by atoms with Gasteiger partial charge in [-0.2, -0.15) is 0 Å². The molecule has 1 N–H and O–H groups in total. The average Bonchev–Trinajstić information content (AvgIpc) is 3.12. The van der Waals surface area contributed by atoms with Gasteiger partial charge in [0.2, 0.25) is 5.91 Å². The highest BCUT2D eigenvalue weighted by Gasteiger charge is 2.06. The molecule has 0 aliphatic rings. The summed E-state index contributed by atoms with van der Waals surface area (Å²) in [6.45, 7) is 3.07. The molecule has 1 aromatic carbocycles. The van der Waals surface area contributed by atoms with Gasteiger partial charge in [-0.1, -0.05) is 88.6 Å². The molecule has 156 valence electrons. The highest BCUT2D eigenvalue weighted by molar-refractivity contribution is 7.99. The second-order valence-electron chi connectivity index (χ2n) is 7.43. The first-order valence-corrected chi connectivity index (χ1v) is 12.0. The van der Waals surface area contributed by atoms with Crippen molar-refractivity contribution in [1.29, 1.82) is 0 Å². The number of hydrogen-bond donors (Lipinski definition) is 1. The van der Waals surface area contributed by atoms with E-state index in [4.69, 9.17) is 4.42 Å². The normalized spacial score (nSPS) is 11.2. The van der Waals surface area contributed by atoms with Gasteiger partial charge in [-0.05, 0) is 25.0 Å². The van der Waals surface area contributed by atoms with Crippen LogP contribution in [0.4, 0.5) is 0 Å². The Hall–Kier alpha value is -1.49. The third-order valence-corrected chi connectivity index (χ3v) is 5.81. The number of oxazole rings is 1. The van der Waals surface area contributed by atoms with Gasteiger partial charge in [-0.25, -0.2) is 4.98 Å². The fourth-order valence-corrected chi connectivity index (χ4v) is 4.01. The molecular formula is C23H36N2O2S. The topological polar surface area (TPSA) is 55.1 Å². The summed E-state index contributed by atoms with van der Waals surface area (Å²) >= 11 is 1.58. The van der Waals surface area contributed by atoms with Crippen molar-refractivity contribution >= 4 is 28.8 Å². The molecule has 28 heavy (non-hydrogen) atoms. The van der Waals surface area contributed by atoms with Gasteiger partial charge in [0.1, 0.15) is 5.52 Å². The van der Waals surface area contributed by atoms with Crippen molar-refractivity contribution < 1.29 is 9.21 Å². The van der Waals surface area contributed by atoms with E-state index >= 15 is 0 Å². The molecule has 5 heteroatoms. The van der Waals surface area contributed by atoms with E-state index in [2.05, 4.69) is 17.2 Å². The number of carbonyl (C=O) groups is 1. The summed E-state index contributed by atoms with van der Waals surface area (Å²) in [7, 11) is 0. The van der Waals surface area contributed by atoms with E-state index in [0.29, 0.717) is 11.6 Å². The largest absolute Gasteiger partial charge is 0.431 e. The zero-order chi connectivity index (χ0) is 19.9. The molecule has 0 aliphatic heterocycles. The molecule has 2 rings (SSSR count). The quantitative estimate of drug-likeness (QED) is 0.249. The number of nitrogens with zero attached hydrogens (tertiary/aromatic N) is 1. The number of aromatic nitrogens is 1. The number of rotatable bonds is 16. The maximum absolute atomic E-state index is 11.9. The third kappa shape index (κ3) is 9.63. The molecule has 1 heterocycles. The van der Waals surface area contributed by atoms with E-state index in [0.717, 1.165) is 36.2 Å². The minimum atomic E-state index is 0.161. The van der Waals surface area contributed by atoms with Crippen molar-refractivity contribution in [2.75, 3.05) is 12.3 Å². The maximum Gasteiger partial charge on any atom is 0.256 e. The van der Waals surface area contributed by atoms with Gasteiger partial charge in [0.05, 0.1) is 0 Å². The van der Waals surface area contributed by atoms with Crippen molar-refractivity contribution in [2.24, 2.45) is 0 Å². The number of amides is 1. The minimum Gasteiger partial charge on any atom is -0.431 e. The van der Waals surface area contributed by atoms with Crippen molar-refractivity contribution in [1.82, 2.24) is 10.3 Å². The Morgan fingerprint density at radius 3 is 2.36 bits per heavy atom. The van der Waals surface area contributed by atoms with Crippen molar-refractivity contribution in [2.45, 2.75) is 89.2 Å². The van der Waals surface area contributed by atoms with Crippen LogP contribution in [0.15, 0.2) is 33.9 Å². The average molecular weight is 405 g/mol. The van der Waals surface area contributed by atoms with Gasteiger partial charge in [0.25, 0.3) is 5.22 Å². The van der Waals surface area contributed by atoms with Gasteiger partial charge < -0.3 is 9.73 Å². The number of fused-ring (bicyclic) bond motifs is 1. The summed E-state index contributed by atoms with van der Waals surface area (Å²) in [4.78, 5) is 16.3. The summed E-state index contributed by atoms with van der Waals surface area (Å²) in [5.41, 5.74) is 1.71. The summed E-state index contributed by atoms with van der Waals surface area (Å²) in [5, 5.41) is 3.73. The lowest BCUT2D eigenvalue weighted by molar-refractivity contribution is -0.121. The van der Waals surface area contributed by atoms with E-state index < -0.39 is 0 Å². The van der Waals surface area contributed by atoms with Crippen LogP contribution in [0.1, 0.15) is 84.0 Å². The molecule has 0 radical (unpaired) electrons. The van der Waals surface area contributed by atoms with E-state index in [-0.39, 0.29) is 5.91 Å². The van der Waals surface area contributed by atoms with Crippen molar-refractivity contribution in [3.05, 3.63) is 24.3 Å². The smallest absolute Gasteiger partial charge is 0.256 e. The summed E-state index contributed by atoms with van der Waals surface area (Å²) in [6, 6.07) is 7.77. The van der Waals surface area contributed by atoms with Gasteiger partial charge in [0.15, 0.2) is 5.58 Å². The first kappa shape index (κ1) is 22.8. The molecule has 0 saturated carbocycles. The number of para-hydroxylation sites is 2. The molecular weight excluding hydrogens is 368 g/mol. The van der Waals surface area contributed by atoms with Gasteiger partial charge in [-0.15, -0.1) is 0 Å². The van der Waals surface area contributed by atoms with Gasteiger partial charge in [-0.3, -0.25) is 4.79 Å². The van der Waals surface area contributed by atoms with Crippen LogP contribution in [0.5, 0.6) is 0 Å². The van der Waals surface area contributed by atoms with Crippen molar-refractivity contribution in [3.63, 3.8) is 0 Å². The molecule has 0 unspecified atom stereocenters. The van der Waals surface area contributed by atoms with E-state index in [1.54, 1.807) is 11.8 Å². The van der Waals surface area contributed by atoms with Crippen LogP contribution in [-0.4, -0.2) is 23.2 Å². The molecule has 1 aromatic heterocycles. The Labute approximate surface area is 174 Å². The van der Waals surface area contributed by atoms with Crippen LogP contribution in [0, 0.1) is 0 Å². The van der Waals surface area contributed by atoms with E-state index in [1.807, 2.05) is 24.3 Å². The molecule has 0 atom stereocenters. The van der Waals surface area contributed by atoms with Gasteiger partial charge >= 0.3 is 0 Å². The monoisotopic (exact) mass is 404 g/mol. The first-order chi connectivity index (χ1) is 13.8. The second-order valence-corrected chi connectivity index (χ2v) is 8.48. The Bertz CT molecular complexity index is 638. The lowest BCUT2D eigenvalue weighted by Gasteiger charge is -2.05. The second kappa shape index (κ2) is 14.5. The highest BCUT2D eigenvalue weighted by atomic mass is 32.2. The first-order valence-electron chi connectivity index (χ1n) is 11.0. The molecule has 0 saturated heterocycles. The number of thioether (sulfide) groups is 1. The van der Waals surface area contributed by atoms with Crippen LogP contribution in [-0.2, 0) is 4.79 Å². The molecule has 0 fully saturated rings. The maximum atomic E-state index is 11.9. The van der Waals surface area contributed by atoms with E-state index in [9.17, 15) is 4.79 Å². The van der Waals surface area contributed by atoms with Crippen LogP contribution < -0.4 is 5.32 Å². The Balaban J connectivity index is 1.39. The third-order valence-electron chi connectivity index (χ3n) is 4.90.